The van der Waals surface area contributed by atoms with Crippen LogP contribution in [0, 0.1) is 25.2 Å². The number of aromatic nitrogens is 2. The molecule has 0 unspecified atom stereocenters. The second kappa shape index (κ2) is 11.5. The van der Waals surface area contributed by atoms with Crippen LogP contribution in [0.3, 0.4) is 0 Å². The first kappa shape index (κ1) is 26.5. The Morgan fingerprint density at radius 1 is 1.08 bits per heavy atom. The maximum atomic E-state index is 12.7. The molecule has 3 rings (SSSR count). The summed E-state index contributed by atoms with van der Waals surface area (Å²) < 4.78 is 54.8. The fraction of sp³-hybridized carbons (Fsp3) is 0.250. The Labute approximate surface area is 208 Å². The van der Waals surface area contributed by atoms with E-state index in [0.717, 1.165) is 16.9 Å². The van der Waals surface area contributed by atoms with Gasteiger partial charge in [-0.2, -0.15) is 18.4 Å². The highest BCUT2D eigenvalue weighted by Gasteiger charge is 2.35. The number of benzene rings is 2. The fourth-order valence-electron chi connectivity index (χ4n) is 2.93. The first-order chi connectivity index (χ1) is 17.1. The van der Waals surface area contributed by atoms with Crippen molar-refractivity contribution in [1.82, 2.24) is 10.2 Å². The zero-order valence-corrected chi connectivity index (χ0v) is 20.3. The summed E-state index contributed by atoms with van der Waals surface area (Å²) in [5.74, 6) is 0.629. The van der Waals surface area contributed by atoms with Crippen LogP contribution in [0.15, 0.2) is 42.0 Å². The number of hydrogen-bond donors (Lipinski definition) is 1. The lowest BCUT2D eigenvalue weighted by Gasteiger charge is -2.13. The number of alkyl halides is 3. The van der Waals surface area contributed by atoms with Crippen molar-refractivity contribution < 1.29 is 32.2 Å². The molecule has 0 atom stereocenters. The van der Waals surface area contributed by atoms with E-state index in [4.69, 9.17) is 14.2 Å². The van der Waals surface area contributed by atoms with Crippen LogP contribution in [0.5, 0.6) is 17.2 Å². The number of aryl methyl sites for hydroxylation is 2. The summed E-state index contributed by atoms with van der Waals surface area (Å²) in [6.07, 6.45) is -3.42. The van der Waals surface area contributed by atoms with Gasteiger partial charge in [-0.3, -0.25) is 10.1 Å². The smallest absolute Gasteiger partial charge is 0.445 e. The highest BCUT2D eigenvalue weighted by molar-refractivity contribution is 7.15. The van der Waals surface area contributed by atoms with E-state index in [1.54, 1.807) is 24.3 Å². The number of nitrogens with zero attached hydrogens (tertiary/aromatic N) is 3. The largest absolute Gasteiger partial charge is 0.493 e. The van der Waals surface area contributed by atoms with Crippen LogP contribution in [0.25, 0.3) is 6.08 Å². The third kappa shape index (κ3) is 6.96. The van der Waals surface area contributed by atoms with Gasteiger partial charge in [-0.15, -0.1) is 10.2 Å². The SMILES string of the molecule is COc1cc(/C=C(/C#N)C(=O)Nc2nnc(C(F)(F)F)s2)ccc1OCCOc1cc(C)ccc1C. The number of anilines is 1. The highest BCUT2D eigenvalue weighted by Crippen LogP contribution is 2.33. The molecule has 36 heavy (non-hydrogen) atoms. The Kier molecular flexibility index (Phi) is 8.50. The van der Waals surface area contributed by atoms with Gasteiger partial charge < -0.3 is 14.2 Å². The minimum atomic E-state index is -4.68. The number of methoxy groups -OCH3 is 1. The lowest BCUT2D eigenvalue weighted by Crippen LogP contribution is -2.13. The van der Waals surface area contributed by atoms with Gasteiger partial charge in [-0.25, -0.2) is 0 Å². The minimum Gasteiger partial charge on any atom is -0.493 e. The van der Waals surface area contributed by atoms with Gasteiger partial charge in [0.15, 0.2) is 11.5 Å². The Morgan fingerprint density at radius 3 is 2.44 bits per heavy atom. The summed E-state index contributed by atoms with van der Waals surface area (Å²) in [5.41, 5.74) is 2.18. The number of nitriles is 1. The molecule has 188 valence electrons. The van der Waals surface area contributed by atoms with Crippen molar-refractivity contribution >= 4 is 28.5 Å². The van der Waals surface area contributed by atoms with Gasteiger partial charge in [-0.05, 0) is 54.8 Å². The molecule has 0 aliphatic heterocycles. The number of carbonyl (C=O) groups excluding carboxylic acids is 1. The molecule has 0 spiro atoms. The Balaban J connectivity index is 1.64. The van der Waals surface area contributed by atoms with Gasteiger partial charge in [0.05, 0.1) is 7.11 Å². The molecule has 1 amide bonds. The molecular weight excluding hydrogens is 497 g/mol. The Morgan fingerprint density at radius 2 is 1.81 bits per heavy atom. The summed E-state index contributed by atoms with van der Waals surface area (Å²) in [6.45, 7) is 4.47. The van der Waals surface area contributed by atoms with Gasteiger partial charge in [0.1, 0.15) is 30.6 Å². The van der Waals surface area contributed by atoms with Crippen molar-refractivity contribution in [3.8, 4) is 23.3 Å². The van der Waals surface area contributed by atoms with Crippen molar-refractivity contribution in [2.45, 2.75) is 20.0 Å². The standard InChI is InChI=1S/C24H21F3N4O4S/c1-14-4-5-15(2)19(10-14)35-9-8-34-18-7-6-16(12-20(18)33-3)11-17(13-28)21(32)29-23-31-30-22(36-23)24(25,26)27/h4-7,10-12H,8-9H2,1-3H3,(H,29,31,32)/b17-11-. The first-order valence-electron chi connectivity index (χ1n) is 10.5. The summed E-state index contributed by atoms with van der Waals surface area (Å²) >= 11 is 0.157. The minimum absolute atomic E-state index is 0.157. The van der Waals surface area contributed by atoms with Crippen LogP contribution in [-0.2, 0) is 11.0 Å². The Bertz CT molecular complexity index is 1320. The average Bonchev–Trinajstić information content (AvgIpc) is 3.31. The maximum Gasteiger partial charge on any atom is 0.445 e. The van der Waals surface area contributed by atoms with Gasteiger partial charge in [0.2, 0.25) is 10.1 Å². The second-order valence-electron chi connectivity index (χ2n) is 7.41. The molecule has 0 aliphatic rings. The average molecular weight is 519 g/mol. The molecule has 0 fully saturated rings. The lowest BCUT2D eigenvalue weighted by atomic mass is 10.1. The third-order valence-corrected chi connectivity index (χ3v) is 5.58. The zero-order chi connectivity index (χ0) is 26.3. The molecule has 12 heteroatoms. The van der Waals surface area contributed by atoms with Crippen molar-refractivity contribution in [2.24, 2.45) is 0 Å². The van der Waals surface area contributed by atoms with Gasteiger partial charge in [-0.1, -0.05) is 29.5 Å². The Hall–Kier alpha value is -4.11. The van der Waals surface area contributed by atoms with E-state index in [0.29, 0.717) is 23.7 Å². The van der Waals surface area contributed by atoms with E-state index < -0.39 is 17.1 Å². The normalized spacial score (nSPS) is 11.5. The number of carbonyl (C=O) groups is 1. The van der Waals surface area contributed by atoms with E-state index in [1.165, 1.54) is 13.2 Å². The molecule has 8 nitrogen and oxygen atoms in total. The van der Waals surface area contributed by atoms with Gasteiger partial charge >= 0.3 is 6.18 Å². The van der Waals surface area contributed by atoms with Crippen molar-refractivity contribution in [3.05, 3.63) is 63.7 Å². The van der Waals surface area contributed by atoms with Crippen molar-refractivity contribution in [1.29, 1.82) is 5.26 Å². The summed E-state index contributed by atoms with van der Waals surface area (Å²) in [7, 11) is 1.44. The number of halogens is 3. The number of ether oxygens (including phenoxy) is 3. The molecule has 2 aromatic carbocycles. The molecule has 0 saturated heterocycles. The highest BCUT2D eigenvalue weighted by atomic mass is 32.1. The van der Waals surface area contributed by atoms with Crippen LogP contribution in [0.4, 0.5) is 18.3 Å². The van der Waals surface area contributed by atoms with E-state index >= 15 is 0 Å². The quantitative estimate of drug-likeness (QED) is 0.236. The summed E-state index contributed by atoms with van der Waals surface area (Å²) in [6, 6.07) is 12.4. The molecule has 1 aromatic heterocycles. The number of rotatable bonds is 9. The van der Waals surface area contributed by atoms with E-state index in [2.05, 4.69) is 15.5 Å². The lowest BCUT2D eigenvalue weighted by molar-refractivity contribution is -0.138. The van der Waals surface area contributed by atoms with Crippen molar-refractivity contribution in [3.63, 3.8) is 0 Å². The molecule has 1 N–H and O–H groups in total. The molecule has 0 radical (unpaired) electrons. The second-order valence-corrected chi connectivity index (χ2v) is 8.39. The first-order valence-corrected chi connectivity index (χ1v) is 11.3. The molecular formula is C24H21F3N4O4S. The molecule has 3 aromatic rings. The van der Waals surface area contributed by atoms with E-state index in [9.17, 15) is 23.2 Å². The summed E-state index contributed by atoms with van der Waals surface area (Å²) in [5, 5.41) is 16.2. The van der Waals surface area contributed by atoms with Crippen LogP contribution < -0.4 is 19.5 Å². The zero-order valence-electron chi connectivity index (χ0n) is 19.5. The molecule has 0 saturated carbocycles. The third-order valence-electron chi connectivity index (χ3n) is 4.69. The predicted molar refractivity (Wildman–Crippen MR) is 127 cm³/mol. The van der Waals surface area contributed by atoms with Crippen LogP contribution in [0.2, 0.25) is 0 Å². The van der Waals surface area contributed by atoms with E-state index in [-0.39, 0.29) is 28.6 Å². The number of hydrogen-bond acceptors (Lipinski definition) is 8. The van der Waals surface area contributed by atoms with E-state index in [1.807, 2.05) is 32.0 Å². The van der Waals surface area contributed by atoms with Crippen LogP contribution >= 0.6 is 11.3 Å². The molecule has 0 bridgehead atoms. The number of amides is 1. The van der Waals surface area contributed by atoms with Crippen LogP contribution in [-0.4, -0.2) is 36.4 Å². The molecule has 1 heterocycles. The van der Waals surface area contributed by atoms with Gasteiger partial charge in [0, 0.05) is 0 Å². The topological polar surface area (TPSA) is 106 Å². The summed E-state index contributed by atoms with van der Waals surface area (Å²) in [4.78, 5) is 12.4. The fourth-order valence-corrected chi connectivity index (χ4v) is 3.53. The van der Waals surface area contributed by atoms with Gasteiger partial charge in [0.25, 0.3) is 5.91 Å². The van der Waals surface area contributed by atoms with Crippen LogP contribution in [0.1, 0.15) is 21.7 Å². The maximum absolute atomic E-state index is 12.7. The number of nitrogens with one attached hydrogen (secondary N) is 1. The van der Waals surface area contributed by atoms with Crippen molar-refractivity contribution in [2.75, 3.05) is 25.6 Å². The monoisotopic (exact) mass is 518 g/mol. The molecule has 0 aliphatic carbocycles. The predicted octanol–water partition coefficient (Wildman–Crippen LogP) is 5.19.